The van der Waals surface area contributed by atoms with Crippen molar-refractivity contribution in [3.05, 3.63) is 151 Å². The molecule has 0 bridgehead atoms. The molecule has 4 aromatic carbocycles. The largest absolute Gasteiger partial charge is 0.508 e. The molecule has 0 spiro atoms. The topological polar surface area (TPSA) is 125 Å². The Hall–Kier alpha value is -5.98. The van der Waals surface area contributed by atoms with E-state index >= 15 is 0 Å². The summed E-state index contributed by atoms with van der Waals surface area (Å²) in [5, 5.41) is 20.5. The second-order valence-electron chi connectivity index (χ2n) is 12.3. The number of benzene rings is 4. The summed E-state index contributed by atoms with van der Waals surface area (Å²) in [5.41, 5.74) is 6.27. The van der Waals surface area contributed by atoms with Gasteiger partial charge in [-0.05, 0) is 86.3 Å². The van der Waals surface area contributed by atoms with E-state index < -0.39 is 0 Å². The van der Waals surface area contributed by atoms with Gasteiger partial charge in [-0.1, -0.05) is 74.5 Å². The smallest absolute Gasteiger partial charge is 0.294 e. The number of aromatic nitrogens is 6. The normalized spacial score (nSPS) is 10.8. The molecule has 0 amide bonds. The van der Waals surface area contributed by atoms with E-state index in [-0.39, 0.29) is 16.9 Å². The van der Waals surface area contributed by atoms with Crippen LogP contribution in [0.25, 0.3) is 42.9 Å². The van der Waals surface area contributed by atoms with Gasteiger partial charge in [0.05, 0.1) is 26.5 Å². The number of rotatable bonds is 9. The fourth-order valence-electron chi connectivity index (χ4n) is 5.94. The summed E-state index contributed by atoms with van der Waals surface area (Å²) in [6.45, 7) is 8.80. The average molecular weight is 771 g/mol. The SMILES string of the molecule is CC.COc1ccc(-c2nn(CCc3ccccc3)c(=O)c3nc(C)sc23)cc1.Cc1nc2c(=O)n(CCc3ccccc3)nc(-c3ccc(O)cc3)c2s1. The van der Waals surface area contributed by atoms with Gasteiger partial charge >= 0.3 is 0 Å². The number of methoxy groups -OCH3 is 1. The van der Waals surface area contributed by atoms with E-state index in [1.807, 2.05) is 100 Å². The Morgan fingerprint density at radius 3 is 1.40 bits per heavy atom. The number of hydrogen-bond donors (Lipinski definition) is 1. The summed E-state index contributed by atoms with van der Waals surface area (Å²) in [7, 11) is 1.64. The first-order valence-corrected chi connectivity index (χ1v) is 19.7. The van der Waals surface area contributed by atoms with Gasteiger partial charge in [0.2, 0.25) is 0 Å². The second-order valence-corrected chi connectivity index (χ2v) is 14.7. The van der Waals surface area contributed by atoms with Gasteiger partial charge < -0.3 is 9.84 Å². The van der Waals surface area contributed by atoms with Crippen molar-refractivity contribution < 1.29 is 9.84 Å². The molecule has 0 saturated carbocycles. The van der Waals surface area contributed by atoms with Crippen molar-refractivity contribution in [3.63, 3.8) is 0 Å². The van der Waals surface area contributed by atoms with Crippen LogP contribution in [0.1, 0.15) is 35.0 Å². The fourth-order valence-corrected chi connectivity index (χ4v) is 7.78. The standard InChI is InChI=1S/C21H19N3O2S.C20H17N3O2S.C2H6/c1-14-22-19-20(27-14)18(16-8-10-17(26-2)11-9-16)23-24(21(19)25)13-12-15-6-4-3-5-7-15;1-13-21-18-19(26-13)17(15-7-9-16(24)10-8-15)22-23(20(18)25)12-11-14-5-3-2-4-6-14;1-2/h3-11H,12-13H2,1-2H3;2-10,24H,11-12H2,1H3;1-2H3. The average Bonchev–Trinajstić information content (AvgIpc) is 3.82. The zero-order valence-electron chi connectivity index (χ0n) is 31.4. The summed E-state index contributed by atoms with van der Waals surface area (Å²) in [6, 6.07) is 34.7. The summed E-state index contributed by atoms with van der Waals surface area (Å²) >= 11 is 2.97. The molecule has 0 aliphatic rings. The summed E-state index contributed by atoms with van der Waals surface area (Å²) in [5.74, 6) is 0.982. The van der Waals surface area contributed by atoms with Crippen LogP contribution in [-0.4, -0.2) is 41.7 Å². The van der Waals surface area contributed by atoms with E-state index in [1.54, 1.807) is 31.4 Å². The van der Waals surface area contributed by atoms with Gasteiger partial charge in [-0.25, -0.2) is 19.3 Å². The highest BCUT2D eigenvalue weighted by Gasteiger charge is 2.18. The number of phenolic OH excluding ortho intramolecular Hbond substituents is 1. The minimum atomic E-state index is -0.164. The van der Waals surface area contributed by atoms with Gasteiger partial charge in [0.15, 0.2) is 11.0 Å². The number of aryl methyl sites for hydroxylation is 6. The minimum Gasteiger partial charge on any atom is -0.508 e. The van der Waals surface area contributed by atoms with E-state index in [4.69, 9.17) is 4.74 Å². The Morgan fingerprint density at radius 1 is 0.600 bits per heavy atom. The first-order chi connectivity index (χ1) is 26.8. The third kappa shape index (κ3) is 9.05. The van der Waals surface area contributed by atoms with Crippen LogP contribution >= 0.6 is 22.7 Å². The molecule has 4 heterocycles. The molecule has 55 heavy (non-hydrogen) atoms. The van der Waals surface area contributed by atoms with Crippen LogP contribution < -0.4 is 15.9 Å². The molecule has 0 unspecified atom stereocenters. The van der Waals surface area contributed by atoms with Crippen LogP contribution in [0.5, 0.6) is 11.5 Å². The lowest BCUT2D eigenvalue weighted by Crippen LogP contribution is -2.24. The van der Waals surface area contributed by atoms with Gasteiger partial charge in [0.1, 0.15) is 22.9 Å². The summed E-state index contributed by atoms with van der Waals surface area (Å²) < 4.78 is 9.89. The van der Waals surface area contributed by atoms with Crippen LogP contribution in [0.2, 0.25) is 0 Å². The molecular formula is C43H42N6O4S2. The van der Waals surface area contributed by atoms with Crippen molar-refractivity contribution in [2.75, 3.05) is 7.11 Å². The minimum absolute atomic E-state index is 0.137. The summed E-state index contributed by atoms with van der Waals surface area (Å²) in [4.78, 5) is 34.6. The molecule has 10 nitrogen and oxygen atoms in total. The predicted octanol–water partition coefficient (Wildman–Crippen LogP) is 8.88. The number of aromatic hydroxyl groups is 1. The molecule has 4 aromatic heterocycles. The first kappa shape index (κ1) is 38.7. The lowest BCUT2D eigenvalue weighted by molar-refractivity contribution is 0.415. The van der Waals surface area contributed by atoms with Crippen molar-refractivity contribution in [2.24, 2.45) is 0 Å². The Labute approximate surface area is 327 Å². The number of ether oxygens (including phenoxy) is 1. The Balaban J connectivity index is 0.000000179. The zero-order valence-corrected chi connectivity index (χ0v) is 33.0. The van der Waals surface area contributed by atoms with E-state index in [0.29, 0.717) is 24.1 Å². The molecule has 0 aliphatic heterocycles. The van der Waals surface area contributed by atoms with Crippen LogP contribution in [0.15, 0.2) is 119 Å². The number of hydrogen-bond acceptors (Lipinski definition) is 10. The van der Waals surface area contributed by atoms with Crippen molar-refractivity contribution in [2.45, 2.75) is 53.6 Å². The molecule has 0 fully saturated rings. The molecule has 0 aliphatic carbocycles. The molecule has 12 heteroatoms. The monoisotopic (exact) mass is 770 g/mol. The first-order valence-electron chi connectivity index (χ1n) is 18.1. The number of thiazole rings is 2. The van der Waals surface area contributed by atoms with Crippen LogP contribution in [-0.2, 0) is 25.9 Å². The Bertz CT molecular complexity index is 2620. The van der Waals surface area contributed by atoms with Crippen molar-refractivity contribution in [3.8, 4) is 34.0 Å². The lowest BCUT2D eigenvalue weighted by Gasteiger charge is -2.09. The second kappa shape index (κ2) is 17.9. The van der Waals surface area contributed by atoms with E-state index in [2.05, 4.69) is 32.3 Å². The van der Waals surface area contributed by atoms with Crippen LogP contribution in [0, 0.1) is 13.8 Å². The molecule has 0 saturated heterocycles. The third-order valence-corrected chi connectivity index (χ3v) is 10.6. The molecular weight excluding hydrogens is 729 g/mol. The van der Waals surface area contributed by atoms with Gasteiger partial charge in [0, 0.05) is 24.2 Å². The van der Waals surface area contributed by atoms with Gasteiger partial charge in [0.25, 0.3) is 11.1 Å². The number of fused-ring (bicyclic) bond motifs is 2. The Kier molecular flexibility index (Phi) is 12.6. The van der Waals surface area contributed by atoms with Crippen molar-refractivity contribution in [1.82, 2.24) is 29.5 Å². The fraction of sp³-hybridized carbons (Fsp3) is 0.209. The number of nitrogens with zero attached hydrogens (tertiary/aromatic N) is 6. The molecule has 0 radical (unpaired) electrons. The van der Waals surface area contributed by atoms with Gasteiger partial charge in [-0.15, -0.1) is 22.7 Å². The highest BCUT2D eigenvalue weighted by Crippen LogP contribution is 2.32. The third-order valence-electron chi connectivity index (χ3n) is 8.63. The van der Waals surface area contributed by atoms with Crippen LogP contribution in [0.3, 0.4) is 0 Å². The van der Waals surface area contributed by atoms with Gasteiger partial charge in [-0.2, -0.15) is 10.2 Å². The van der Waals surface area contributed by atoms with E-state index in [9.17, 15) is 14.7 Å². The quantitative estimate of drug-likeness (QED) is 0.154. The van der Waals surface area contributed by atoms with Gasteiger partial charge in [-0.3, -0.25) is 9.59 Å². The molecule has 280 valence electrons. The lowest BCUT2D eigenvalue weighted by atomic mass is 10.1. The van der Waals surface area contributed by atoms with E-state index in [0.717, 1.165) is 66.1 Å². The molecule has 0 atom stereocenters. The maximum Gasteiger partial charge on any atom is 0.294 e. The predicted molar refractivity (Wildman–Crippen MR) is 224 cm³/mol. The Morgan fingerprint density at radius 2 is 1.00 bits per heavy atom. The zero-order chi connectivity index (χ0) is 38.9. The van der Waals surface area contributed by atoms with Crippen LogP contribution in [0.4, 0.5) is 0 Å². The maximum absolute atomic E-state index is 12.9. The number of phenols is 1. The highest BCUT2D eigenvalue weighted by molar-refractivity contribution is 7.19. The van der Waals surface area contributed by atoms with Crippen molar-refractivity contribution >= 4 is 43.1 Å². The molecule has 8 rings (SSSR count). The molecule has 8 aromatic rings. The summed E-state index contributed by atoms with van der Waals surface area (Å²) in [6.07, 6.45) is 1.46. The molecule has 1 N–H and O–H groups in total. The maximum atomic E-state index is 12.9. The van der Waals surface area contributed by atoms with E-state index in [1.165, 1.54) is 37.6 Å². The van der Waals surface area contributed by atoms with Crippen molar-refractivity contribution in [1.29, 1.82) is 0 Å². The highest BCUT2D eigenvalue weighted by atomic mass is 32.1.